The molecule has 5 aromatic rings. The van der Waals surface area contributed by atoms with Crippen LogP contribution >= 0.6 is 27.3 Å². The van der Waals surface area contributed by atoms with Crippen molar-refractivity contribution in [3.8, 4) is 39.2 Å². The monoisotopic (exact) mass is 698 g/mol. The molecule has 4 aromatic carbocycles. The van der Waals surface area contributed by atoms with Crippen LogP contribution in [0, 0.1) is 0 Å². The lowest BCUT2D eigenvalue weighted by atomic mass is 10.0. The summed E-state index contributed by atoms with van der Waals surface area (Å²) in [5, 5.41) is 13.3. The zero-order chi connectivity index (χ0) is 31.8. The van der Waals surface area contributed by atoms with Crippen molar-refractivity contribution in [2.75, 3.05) is 13.2 Å². The number of phenolic OH excluding ortho intramolecular Hbond substituents is 1. The van der Waals surface area contributed by atoms with E-state index in [1.807, 2.05) is 54.6 Å². The van der Waals surface area contributed by atoms with Crippen molar-refractivity contribution in [3.63, 3.8) is 0 Å². The number of hydrogen-bond donors (Lipinski definition) is 2. The van der Waals surface area contributed by atoms with Crippen molar-refractivity contribution in [2.24, 2.45) is 0 Å². The third-order valence-corrected chi connectivity index (χ3v) is 9.64. The second-order valence-electron chi connectivity index (χ2n) is 10.9. The quantitative estimate of drug-likeness (QED) is 0.125. The van der Waals surface area contributed by atoms with Crippen LogP contribution in [0.15, 0.2) is 89.4 Å². The molecule has 0 bridgehead atoms. The fourth-order valence-electron chi connectivity index (χ4n) is 5.68. The summed E-state index contributed by atoms with van der Waals surface area (Å²) >= 11 is 5.05. The average Bonchev–Trinajstić information content (AvgIpc) is 3.57. The first-order valence-corrected chi connectivity index (χ1v) is 16.3. The third-order valence-electron chi connectivity index (χ3n) is 7.93. The highest BCUT2D eigenvalue weighted by Crippen LogP contribution is 2.47. The van der Waals surface area contributed by atoms with Crippen molar-refractivity contribution < 1.29 is 33.7 Å². The van der Waals surface area contributed by atoms with Gasteiger partial charge in [0.25, 0.3) is 5.91 Å². The van der Waals surface area contributed by atoms with Crippen molar-refractivity contribution in [1.29, 1.82) is 0 Å². The summed E-state index contributed by atoms with van der Waals surface area (Å²) < 4.78 is 20.2. The Balaban J connectivity index is 0.987. The first-order valence-electron chi connectivity index (χ1n) is 14.7. The first-order chi connectivity index (χ1) is 22.3. The Hall–Kier alpha value is -4.87. The number of benzene rings is 4. The van der Waals surface area contributed by atoms with E-state index < -0.39 is 11.9 Å². The Kier molecular flexibility index (Phi) is 8.10. The Morgan fingerprint density at radius 1 is 0.913 bits per heavy atom. The number of halogens is 1. The number of hydrogen-bond acceptors (Lipinski definition) is 8. The number of carbonyl (C=O) groups excluding carboxylic acids is 3. The SMILES string of the molecule is O=C1CCC(N2Cc3c(OCCOc4ccc(Oc5c(-c6ccc(Br)cc6)sc6cc(O)ccc56)cc4)cccc3C2=O)C(=O)N1. The number of carbonyl (C=O) groups is 3. The summed E-state index contributed by atoms with van der Waals surface area (Å²) in [6.45, 7) is 0.746. The number of phenols is 1. The molecule has 1 aromatic heterocycles. The summed E-state index contributed by atoms with van der Waals surface area (Å²) in [6.07, 6.45) is 0.507. The molecule has 0 saturated carbocycles. The molecular formula is C35H27BrN2O7S. The largest absolute Gasteiger partial charge is 0.508 e. The summed E-state index contributed by atoms with van der Waals surface area (Å²) in [5.74, 6) is 1.75. The summed E-state index contributed by atoms with van der Waals surface area (Å²) in [4.78, 5) is 39.5. The van der Waals surface area contributed by atoms with E-state index in [0.29, 0.717) is 29.2 Å². The van der Waals surface area contributed by atoms with E-state index in [2.05, 4.69) is 21.2 Å². The maximum Gasteiger partial charge on any atom is 0.255 e. The van der Waals surface area contributed by atoms with Crippen LogP contribution in [-0.4, -0.2) is 47.0 Å². The van der Waals surface area contributed by atoms with E-state index in [1.165, 1.54) is 4.90 Å². The molecule has 0 radical (unpaired) electrons. The van der Waals surface area contributed by atoms with Crippen LogP contribution < -0.4 is 19.5 Å². The molecule has 7 rings (SSSR count). The van der Waals surface area contributed by atoms with Crippen LogP contribution in [0.2, 0.25) is 0 Å². The zero-order valence-electron chi connectivity index (χ0n) is 24.3. The molecule has 1 atom stereocenters. The molecule has 1 saturated heterocycles. The number of aromatic hydroxyl groups is 1. The van der Waals surface area contributed by atoms with Gasteiger partial charge in [-0.3, -0.25) is 19.7 Å². The predicted molar refractivity (Wildman–Crippen MR) is 177 cm³/mol. The van der Waals surface area contributed by atoms with Gasteiger partial charge in [-0.05, 0) is 78.7 Å². The summed E-state index contributed by atoms with van der Waals surface area (Å²) in [5.41, 5.74) is 2.23. The molecule has 232 valence electrons. The zero-order valence-corrected chi connectivity index (χ0v) is 26.7. The lowest BCUT2D eigenvalue weighted by Gasteiger charge is -2.29. The normalized spacial score (nSPS) is 16.0. The minimum Gasteiger partial charge on any atom is -0.508 e. The predicted octanol–water partition coefficient (Wildman–Crippen LogP) is 7.05. The van der Waals surface area contributed by atoms with Crippen LogP contribution in [0.1, 0.15) is 28.8 Å². The van der Waals surface area contributed by atoms with Gasteiger partial charge in [0, 0.05) is 32.1 Å². The molecule has 46 heavy (non-hydrogen) atoms. The number of nitrogens with one attached hydrogen (secondary N) is 1. The maximum atomic E-state index is 13.1. The molecule has 3 amide bonds. The Labute approximate surface area is 276 Å². The van der Waals surface area contributed by atoms with Gasteiger partial charge in [0.2, 0.25) is 11.8 Å². The summed E-state index contributed by atoms with van der Waals surface area (Å²) in [6, 6.07) is 25.2. The van der Waals surface area contributed by atoms with Crippen LogP contribution in [0.25, 0.3) is 20.5 Å². The minimum absolute atomic E-state index is 0.201. The number of imide groups is 1. The smallest absolute Gasteiger partial charge is 0.255 e. The second-order valence-corrected chi connectivity index (χ2v) is 12.9. The standard InChI is InChI=1S/C35H27BrN2O7S/c36-21-6-4-20(5-7-21)33-32(26-13-8-22(39)18-30(26)46-33)45-24-11-9-23(10-12-24)43-16-17-44-29-3-1-2-25-27(29)19-38(35(25)42)28-14-15-31(40)37-34(28)41/h1-13,18,28,39H,14-17,19H2,(H,37,40,41). The van der Waals surface area contributed by atoms with E-state index in [9.17, 15) is 19.5 Å². The number of ether oxygens (including phenoxy) is 3. The lowest BCUT2D eigenvalue weighted by Crippen LogP contribution is -2.52. The molecule has 2 N–H and O–H groups in total. The van der Waals surface area contributed by atoms with E-state index in [-0.39, 0.29) is 43.7 Å². The Morgan fingerprint density at radius 3 is 2.46 bits per heavy atom. The van der Waals surface area contributed by atoms with Gasteiger partial charge in [-0.1, -0.05) is 34.1 Å². The van der Waals surface area contributed by atoms with Crippen LogP contribution in [0.3, 0.4) is 0 Å². The number of nitrogens with zero attached hydrogens (tertiary/aromatic N) is 1. The van der Waals surface area contributed by atoms with Gasteiger partial charge >= 0.3 is 0 Å². The molecule has 3 heterocycles. The minimum atomic E-state index is -0.681. The van der Waals surface area contributed by atoms with E-state index in [1.54, 1.807) is 41.7 Å². The molecule has 1 unspecified atom stereocenters. The van der Waals surface area contributed by atoms with Gasteiger partial charge in [-0.15, -0.1) is 11.3 Å². The third kappa shape index (κ3) is 5.91. The van der Waals surface area contributed by atoms with E-state index >= 15 is 0 Å². The molecule has 9 nitrogen and oxygen atoms in total. The molecule has 0 aliphatic carbocycles. The molecule has 2 aliphatic rings. The number of piperidine rings is 1. The van der Waals surface area contributed by atoms with Crippen LogP contribution in [0.5, 0.6) is 28.7 Å². The second kappa shape index (κ2) is 12.5. The number of amides is 3. The molecule has 2 aliphatic heterocycles. The fourth-order valence-corrected chi connectivity index (χ4v) is 7.11. The van der Waals surface area contributed by atoms with Gasteiger partial charge in [0.1, 0.15) is 42.3 Å². The number of rotatable bonds is 9. The van der Waals surface area contributed by atoms with Gasteiger partial charge < -0.3 is 24.2 Å². The van der Waals surface area contributed by atoms with E-state index in [4.69, 9.17) is 14.2 Å². The molecular weight excluding hydrogens is 672 g/mol. The van der Waals surface area contributed by atoms with Gasteiger partial charge in [0.15, 0.2) is 5.75 Å². The number of thiophene rings is 1. The fraction of sp³-hybridized carbons (Fsp3) is 0.171. The van der Waals surface area contributed by atoms with Crippen LogP contribution in [-0.2, 0) is 16.1 Å². The van der Waals surface area contributed by atoms with Crippen molar-refractivity contribution in [3.05, 3.63) is 101 Å². The van der Waals surface area contributed by atoms with Crippen LogP contribution in [0.4, 0.5) is 0 Å². The molecule has 11 heteroatoms. The van der Waals surface area contributed by atoms with Gasteiger partial charge in [0.05, 0.1) is 11.4 Å². The maximum absolute atomic E-state index is 13.1. The summed E-state index contributed by atoms with van der Waals surface area (Å²) in [7, 11) is 0. The van der Waals surface area contributed by atoms with Gasteiger partial charge in [-0.2, -0.15) is 0 Å². The van der Waals surface area contributed by atoms with Crippen molar-refractivity contribution in [2.45, 2.75) is 25.4 Å². The topological polar surface area (TPSA) is 114 Å². The van der Waals surface area contributed by atoms with Gasteiger partial charge in [-0.25, -0.2) is 0 Å². The molecule has 0 spiro atoms. The Bertz CT molecular complexity index is 1970. The van der Waals surface area contributed by atoms with Crippen molar-refractivity contribution >= 4 is 55.1 Å². The van der Waals surface area contributed by atoms with Crippen molar-refractivity contribution in [1.82, 2.24) is 10.2 Å². The highest BCUT2D eigenvalue weighted by atomic mass is 79.9. The lowest BCUT2D eigenvalue weighted by molar-refractivity contribution is -0.136. The first kappa shape index (κ1) is 29.8. The highest BCUT2D eigenvalue weighted by Gasteiger charge is 2.40. The Morgan fingerprint density at radius 2 is 1.67 bits per heavy atom. The highest BCUT2D eigenvalue weighted by molar-refractivity contribution is 9.10. The number of fused-ring (bicyclic) bond motifs is 2. The van der Waals surface area contributed by atoms with E-state index in [0.717, 1.165) is 36.3 Å². The average molecular weight is 700 g/mol. The molecule has 1 fully saturated rings.